The molecule has 0 bridgehead atoms. The van der Waals surface area contributed by atoms with E-state index in [4.69, 9.17) is 4.74 Å². The highest BCUT2D eigenvalue weighted by Crippen LogP contribution is 2.23. The van der Waals surface area contributed by atoms with E-state index >= 15 is 0 Å². The van der Waals surface area contributed by atoms with E-state index in [9.17, 15) is 9.59 Å². The van der Waals surface area contributed by atoms with Crippen LogP contribution in [0.1, 0.15) is 47.9 Å². The largest absolute Gasteiger partial charge is 0.459 e. The maximum Gasteiger partial charge on any atom is 0.329 e. The fraction of sp³-hybridized carbons (Fsp3) is 0.364. The predicted octanol–water partition coefficient (Wildman–Crippen LogP) is 3.03. The summed E-state index contributed by atoms with van der Waals surface area (Å²) in [6, 6.07) is 12.5. The first-order valence-electron chi connectivity index (χ1n) is 10.0. The van der Waals surface area contributed by atoms with Gasteiger partial charge in [0.2, 0.25) is 0 Å². The molecule has 29 heavy (non-hydrogen) atoms. The third-order valence-electron chi connectivity index (χ3n) is 5.22. The van der Waals surface area contributed by atoms with Crippen molar-refractivity contribution in [2.75, 3.05) is 6.54 Å². The standard InChI is InChI=1S/C22H24N4O3/c1-2-8-19-23-24-20-17(11-6-14-26(19)20)21(27)25-13-7-12-18(25)22(28)29-15-16-9-4-3-5-10-16/h3-6,9-11,14,18H,2,7-8,12-13,15H2,1H3/t18-/m0/s1. The van der Waals surface area contributed by atoms with Gasteiger partial charge in [0.25, 0.3) is 5.91 Å². The molecular formula is C22H24N4O3. The highest BCUT2D eigenvalue weighted by molar-refractivity contribution is 6.01. The van der Waals surface area contributed by atoms with Gasteiger partial charge in [0.15, 0.2) is 5.65 Å². The number of carbonyl (C=O) groups is 2. The Bertz CT molecular complexity index is 1020. The number of aromatic nitrogens is 3. The molecule has 0 spiro atoms. The van der Waals surface area contributed by atoms with Gasteiger partial charge in [0.1, 0.15) is 18.5 Å². The molecule has 1 aromatic carbocycles. The molecule has 4 rings (SSSR count). The zero-order chi connectivity index (χ0) is 20.2. The average Bonchev–Trinajstić information content (AvgIpc) is 3.40. The number of ether oxygens (including phenoxy) is 1. The molecule has 0 aliphatic carbocycles. The van der Waals surface area contributed by atoms with Crippen molar-refractivity contribution in [3.63, 3.8) is 0 Å². The number of esters is 1. The Hall–Kier alpha value is -3.22. The van der Waals surface area contributed by atoms with Gasteiger partial charge >= 0.3 is 5.97 Å². The molecule has 2 aromatic heterocycles. The predicted molar refractivity (Wildman–Crippen MR) is 107 cm³/mol. The molecule has 150 valence electrons. The van der Waals surface area contributed by atoms with Crippen molar-refractivity contribution < 1.29 is 14.3 Å². The van der Waals surface area contributed by atoms with Gasteiger partial charge < -0.3 is 9.64 Å². The number of hydrogen-bond donors (Lipinski definition) is 0. The molecule has 1 amide bonds. The summed E-state index contributed by atoms with van der Waals surface area (Å²) in [5, 5.41) is 8.45. The van der Waals surface area contributed by atoms with Crippen molar-refractivity contribution in [3.8, 4) is 0 Å². The van der Waals surface area contributed by atoms with E-state index in [1.165, 1.54) is 0 Å². The van der Waals surface area contributed by atoms with Crippen molar-refractivity contribution in [3.05, 3.63) is 65.6 Å². The van der Waals surface area contributed by atoms with Crippen LogP contribution in [0.15, 0.2) is 48.7 Å². The van der Waals surface area contributed by atoms with Crippen LogP contribution in [0.5, 0.6) is 0 Å². The van der Waals surface area contributed by atoms with Crippen LogP contribution in [-0.4, -0.2) is 44.0 Å². The maximum atomic E-state index is 13.3. The molecule has 1 atom stereocenters. The lowest BCUT2D eigenvalue weighted by molar-refractivity contribution is -0.149. The molecule has 1 aliphatic rings. The second-order valence-electron chi connectivity index (χ2n) is 7.23. The molecule has 3 heterocycles. The molecule has 1 saturated heterocycles. The number of hydrogen-bond acceptors (Lipinski definition) is 5. The number of amides is 1. The van der Waals surface area contributed by atoms with Crippen LogP contribution >= 0.6 is 0 Å². The van der Waals surface area contributed by atoms with Gasteiger partial charge in [-0.2, -0.15) is 0 Å². The van der Waals surface area contributed by atoms with Crippen LogP contribution in [0.3, 0.4) is 0 Å². The molecule has 0 N–H and O–H groups in total. The molecule has 1 aliphatic heterocycles. The Morgan fingerprint density at radius 2 is 1.97 bits per heavy atom. The van der Waals surface area contributed by atoms with E-state index in [1.807, 2.05) is 47.0 Å². The Balaban J connectivity index is 1.52. The number of rotatable bonds is 6. The summed E-state index contributed by atoms with van der Waals surface area (Å²) in [4.78, 5) is 27.5. The minimum atomic E-state index is -0.565. The van der Waals surface area contributed by atoms with Crippen LogP contribution in [0, 0.1) is 0 Å². The van der Waals surface area contributed by atoms with E-state index in [2.05, 4.69) is 17.1 Å². The number of nitrogens with zero attached hydrogens (tertiary/aromatic N) is 4. The topological polar surface area (TPSA) is 76.8 Å². The zero-order valence-corrected chi connectivity index (χ0v) is 16.5. The normalized spacial score (nSPS) is 16.3. The van der Waals surface area contributed by atoms with Gasteiger partial charge in [0, 0.05) is 19.2 Å². The van der Waals surface area contributed by atoms with Crippen LogP contribution in [0.4, 0.5) is 0 Å². The van der Waals surface area contributed by atoms with Crippen molar-refractivity contribution in [2.45, 2.75) is 45.3 Å². The molecule has 7 nitrogen and oxygen atoms in total. The Kier molecular flexibility index (Phi) is 5.55. The Morgan fingerprint density at radius 3 is 2.76 bits per heavy atom. The van der Waals surface area contributed by atoms with Crippen molar-refractivity contribution in [1.82, 2.24) is 19.5 Å². The average molecular weight is 392 g/mol. The minimum Gasteiger partial charge on any atom is -0.459 e. The van der Waals surface area contributed by atoms with E-state index in [0.29, 0.717) is 24.2 Å². The number of benzene rings is 1. The highest BCUT2D eigenvalue weighted by atomic mass is 16.5. The monoisotopic (exact) mass is 392 g/mol. The van der Waals surface area contributed by atoms with E-state index in [0.717, 1.165) is 30.7 Å². The lowest BCUT2D eigenvalue weighted by atomic mass is 10.2. The second kappa shape index (κ2) is 8.43. The molecule has 1 fully saturated rings. The quantitative estimate of drug-likeness (QED) is 0.603. The summed E-state index contributed by atoms with van der Waals surface area (Å²) < 4.78 is 7.34. The summed E-state index contributed by atoms with van der Waals surface area (Å²) in [6.07, 6.45) is 4.98. The van der Waals surface area contributed by atoms with Gasteiger partial charge in [-0.25, -0.2) is 4.79 Å². The minimum absolute atomic E-state index is 0.204. The maximum absolute atomic E-state index is 13.3. The molecule has 7 heteroatoms. The van der Waals surface area contributed by atoms with Crippen LogP contribution < -0.4 is 0 Å². The first kappa shape index (κ1) is 19.1. The Morgan fingerprint density at radius 1 is 1.14 bits per heavy atom. The highest BCUT2D eigenvalue weighted by Gasteiger charge is 2.36. The molecule has 0 saturated carbocycles. The van der Waals surface area contributed by atoms with Gasteiger partial charge in [0.05, 0.1) is 5.56 Å². The van der Waals surface area contributed by atoms with Crippen LogP contribution in [-0.2, 0) is 22.6 Å². The number of aryl methyl sites for hydroxylation is 1. The van der Waals surface area contributed by atoms with Gasteiger partial charge in [-0.3, -0.25) is 9.20 Å². The fourth-order valence-electron chi connectivity index (χ4n) is 3.76. The van der Waals surface area contributed by atoms with E-state index < -0.39 is 6.04 Å². The summed E-state index contributed by atoms with van der Waals surface area (Å²) in [6.45, 7) is 2.81. The number of carbonyl (C=O) groups excluding carboxylic acids is 2. The van der Waals surface area contributed by atoms with E-state index in [1.54, 1.807) is 11.0 Å². The van der Waals surface area contributed by atoms with Gasteiger partial charge in [-0.05, 0) is 37.0 Å². The first-order valence-corrected chi connectivity index (χ1v) is 10.0. The third kappa shape index (κ3) is 3.85. The second-order valence-corrected chi connectivity index (χ2v) is 7.23. The summed E-state index contributed by atoms with van der Waals surface area (Å²) in [7, 11) is 0. The first-order chi connectivity index (χ1) is 14.2. The van der Waals surface area contributed by atoms with Crippen molar-refractivity contribution >= 4 is 17.5 Å². The van der Waals surface area contributed by atoms with E-state index in [-0.39, 0.29) is 18.5 Å². The number of fused-ring (bicyclic) bond motifs is 1. The molecule has 0 radical (unpaired) electrons. The zero-order valence-electron chi connectivity index (χ0n) is 16.5. The molecular weight excluding hydrogens is 368 g/mol. The summed E-state index contributed by atoms with van der Waals surface area (Å²) in [5.41, 5.74) is 1.92. The lowest BCUT2D eigenvalue weighted by Crippen LogP contribution is -2.41. The third-order valence-corrected chi connectivity index (χ3v) is 5.22. The smallest absolute Gasteiger partial charge is 0.329 e. The summed E-state index contributed by atoms with van der Waals surface area (Å²) in [5.74, 6) is 0.266. The van der Waals surface area contributed by atoms with Gasteiger partial charge in [-0.15, -0.1) is 10.2 Å². The lowest BCUT2D eigenvalue weighted by Gasteiger charge is -2.23. The number of likely N-dealkylation sites (tertiary alicyclic amines) is 1. The van der Waals surface area contributed by atoms with Crippen molar-refractivity contribution in [1.29, 1.82) is 0 Å². The molecule has 3 aromatic rings. The number of pyridine rings is 1. The van der Waals surface area contributed by atoms with Crippen LogP contribution in [0.25, 0.3) is 5.65 Å². The Labute approximate surface area is 169 Å². The SMILES string of the molecule is CCCc1nnc2c(C(=O)N3CCC[C@H]3C(=O)OCc3ccccc3)cccn12. The fourth-order valence-corrected chi connectivity index (χ4v) is 3.76. The van der Waals surface area contributed by atoms with Crippen LogP contribution in [0.2, 0.25) is 0 Å². The molecule has 0 unspecified atom stereocenters. The summed E-state index contributed by atoms with van der Waals surface area (Å²) >= 11 is 0. The van der Waals surface area contributed by atoms with Crippen molar-refractivity contribution in [2.24, 2.45) is 0 Å². The van der Waals surface area contributed by atoms with Gasteiger partial charge in [-0.1, -0.05) is 37.3 Å².